The van der Waals surface area contributed by atoms with E-state index >= 15 is 0 Å². The summed E-state index contributed by atoms with van der Waals surface area (Å²) >= 11 is 0. The highest BCUT2D eigenvalue weighted by atomic mass is 16.5. The second-order valence-corrected chi connectivity index (χ2v) is 2.24. The van der Waals surface area contributed by atoms with Gasteiger partial charge in [0.05, 0.1) is 12.7 Å². The lowest BCUT2D eigenvalue weighted by molar-refractivity contribution is -0.623. The minimum atomic E-state index is -0.428. The van der Waals surface area contributed by atoms with Crippen LogP contribution in [0.2, 0.25) is 0 Å². The first-order chi connectivity index (χ1) is 5.65. The molecule has 1 aromatic heterocycles. The van der Waals surface area contributed by atoms with Gasteiger partial charge >= 0.3 is 5.97 Å². The predicted molar refractivity (Wildman–Crippen MR) is 42.5 cm³/mol. The highest BCUT2D eigenvalue weighted by molar-refractivity contribution is 5.89. The Hall–Kier alpha value is -1.78. The van der Waals surface area contributed by atoms with Gasteiger partial charge in [-0.3, -0.25) is 11.6 Å². The molecule has 12 heavy (non-hydrogen) atoms. The van der Waals surface area contributed by atoms with Gasteiger partial charge in [-0.2, -0.15) is 0 Å². The van der Waals surface area contributed by atoms with Gasteiger partial charge in [-0.15, -0.1) is 4.68 Å². The third-order valence-corrected chi connectivity index (χ3v) is 1.44. The van der Waals surface area contributed by atoms with E-state index in [2.05, 4.69) is 4.74 Å². The highest BCUT2D eigenvalue weighted by Crippen LogP contribution is 2.01. The number of aromatic nitrogens is 1. The number of nitrogens with two attached hydrogens (primary N) is 2. The summed E-state index contributed by atoms with van der Waals surface area (Å²) in [6.45, 7) is 0. The topological polar surface area (TPSA) is 82.2 Å². The maximum Gasteiger partial charge on any atom is 0.338 e. The van der Waals surface area contributed by atoms with Crippen molar-refractivity contribution in [1.29, 1.82) is 0 Å². The van der Waals surface area contributed by atoms with Crippen LogP contribution in [0.25, 0.3) is 0 Å². The van der Waals surface area contributed by atoms with Crippen LogP contribution in [0.15, 0.2) is 18.3 Å². The Kier molecular flexibility index (Phi) is 2.14. The van der Waals surface area contributed by atoms with Crippen molar-refractivity contribution in [3.05, 3.63) is 23.9 Å². The number of rotatable bonds is 1. The molecule has 0 bridgehead atoms. The van der Waals surface area contributed by atoms with Crippen LogP contribution in [-0.4, -0.2) is 13.1 Å². The standard InChI is InChI=1S/C7H9N3O2/c1-12-7(11)5-2-3-10(9)6(8)4-5/h2-4,8H,9H2,1H3/p+1. The Bertz CT molecular complexity index is 312. The van der Waals surface area contributed by atoms with Gasteiger partial charge in [-0.05, 0) is 6.07 Å². The van der Waals surface area contributed by atoms with Gasteiger partial charge in [0.2, 0.25) is 0 Å². The number of carbonyl (C=O) groups excluding carboxylic acids is 1. The van der Waals surface area contributed by atoms with Gasteiger partial charge in [-0.1, -0.05) is 0 Å². The second kappa shape index (κ2) is 3.08. The summed E-state index contributed by atoms with van der Waals surface area (Å²) in [6.07, 6.45) is 1.49. The quantitative estimate of drug-likeness (QED) is 0.322. The Morgan fingerprint density at radius 2 is 2.33 bits per heavy atom. The van der Waals surface area contributed by atoms with Crippen molar-refractivity contribution in [3.8, 4) is 0 Å². The number of hydrogen-bond donors (Lipinski definition) is 2. The lowest BCUT2D eigenvalue weighted by atomic mass is 10.2. The maximum atomic E-state index is 10.9. The summed E-state index contributed by atoms with van der Waals surface area (Å²) < 4.78 is 5.70. The van der Waals surface area contributed by atoms with Crippen LogP contribution >= 0.6 is 0 Å². The SMILES string of the molecule is COC(=O)c1cc[n+](N)c(N)c1. The molecule has 64 valence electrons. The van der Waals surface area contributed by atoms with Gasteiger partial charge in [0.15, 0.2) is 0 Å². The number of esters is 1. The summed E-state index contributed by atoms with van der Waals surface area (Å²) in [5, 5.41) is 0. The largest absolute Gasteiger partial charge is 0.465 e. The molecule has 0 aromatic carbocycles. The van der Waals surface area contributed by atoms with Crippen LogP contribution in [0, 0.1) is 0 Å². The molecule has 0 fully saturated rings. The fourth-order valence-electron chi connectivity index (χ4n) is 0.773. The van der Waals surface area contributed by atoms with Crippen molar-refractivity contribution in [2.24, 2.45) is 0 Å². The zero-order valence-electron chi connectivity index (χ0n) is 6.65. The van der Waals surface area contributed by atoms with Crippen LogP contribution in [0.1, 0.15) is 10.4 Å². The minimum Gasteiger partial charge on any atom is -0.465 e. The molecule has 1 rings (SSSR count). The zero-order valence-corrected chi connectivity index (χ0v) is 6.65. The fourth-order valence-corrected chi connectivity index (χ4v) is 0.773. The average molecular weight is 168 g/mol. The minimum absolute atomic E-state index is 0.304. The van der Waals surface area contributed by atoms with Gasteiger partial charge < -0.3 is 4.74 Å². The second-order valence-electron chi connectivity index (χ2n) is 2.24. The smallest absolute Gasteiger partial charge is 0.338 e. The average Bonchev–Trinajstić information content (AvgIpc) is 2.08. The van der Waals surface area contributed by atoms with E-state index in [4.69, 9.17) is 11.6 Å². The molecular formula is C7H10N3O2+. The van der Waals surface area contributed by atoms with Crippen LogP contribution in [-0.2, 0) is 4.74 Å². The molecule has 0 aliphatic rings. The van der Waals surface area contributed by atoms with Crippen LogP contribution < -0.4 is 16.3 Å². The normalized spacial score (nSPS) is 9.42. The van der Waals surface area contributed by atoms with E-state index in [1.54, 1.807) is 0 Å². The lowest BCUT2D eigenvalue weighted by Crippen LogP contribution is -2.46. The van der Waals surface area contributed by atoms with E-state index in [0.29, 0.717) is 11.4 Å². The van der Waals surface area contributed by atoms with E-state index in [9.17, 15) is 4.79 Å². The van der Waals surface area contributed by atoms with Gasteiger partial charge in [-0.25, -0.2) is 4.79 Å². The first-order valence-electron chi connectivity index (χ1n) is 3.29. The Morgan fingerprint density at radius 3 is 2.83 bits per heavy atom. The predicted octanol–water partition coefficient (Wildman–Crippen LogP) is -0.943. The number of pyridine rings is 1. The van der Waals surface area contributed by atoms with Crippen molar-refractivity contribution < 1.29 is 14.2 Å². The van der Waals surface area contributed by atoms with E-state index in [1.807, 2.05) is 0 Å². The van der Waals surface area contributed by atoms with Gasteiger partial charge in [0, 0.05) is 6.07 Å². The molecule has 0 saturated carbocycles. The monoisotopic (exact) mass is 168 g/mol. The molecule has 0 aliphatic carbocycles. The summed E-state index contributed by atoms with van der Waals surface area (Å²) in [4.78, 5) is 10.9. The van der Waals surface area contributed by atoms with Crippen LogP contribution in [0.4, 0.5) is 5.82 Å². The molecule has 0 saturated heterocycles. The number of nitrogens with zero attached hydrogens (tertiary/aromatic N) is 1. The molecule has 4 N–H and O–H groups in total. The van der Waals surface area contributed by atoms with Crippen molar-refractivity contribution >= 4 is 11.8 Å². The summed E-state index contributed by atoms with van der Waals surface area (Å²) in [7, 11) is 1.31. The number of carbonyl (C=O) groups is 1. The molecule has 0 atom stereocenters. The molecular weight excluding hydrogens is 158 g/mol. The molecule has 5 heteroatoms. The van der Waals surface area contributed by atoms with Crippen LogP contribution in [0.5, 0.6) is 0 Å². The summed E-state index contributed by atoms with van der Waals surface area (Å²) in [6, 6.07) is 2.98. The van der Waals surface area contributed by atoms with Crippen molar-refractivity contribution in [3.63, 3.8) is 0 Å². The van der Waals surface area contributed by atoms with Gasteiger partial charge in [0.1, 0.15) is 6.20 Å². The van der Waals surface area contributed by atoms with Crippen molar-refractivity contribution in [2.45, 2.75) is 0 Å². The van der Waals surface area contributed by atoms with Crippen LogP contribution in [0.3, 0.4) is 0 Å². The zero-order chi connectivity index (χ0) is 9.14. The summed E-state index contributed by atoms with van der Waals surface area (Å²) in [5.74, 6) is 5.25. The molecule has 1 aromatic rings. The first kappa shape index (κ1) is 8.32. The molecule has 5 nitrogen and oxygen atoms in total. The molecule has 0 amide bonds. The highest BCUT2D eigenvalue weighted by Gasteiger charge is 2.09. The Balaban J connectivity index is 3.05. The number of nitrogen functional groups attached to an aromatic ring is 2. The number of ether oxygens (including phenoxy) is 1. The molecule has 0 aliphatic heterocycles. The number of methoxy groups -OCH3 is 1. The lowest BCUT2D eigenvalue weighted by Gasteiger charge is -1.98. The van der Waals surface area contributed by atoms with Gasteiger partial charge in [0.25, 0.3) is 5.82 Å². The van der Waals surface area contributed by atoms with E-state index in [-0.39, 0.29) is 0 Å². The molecule has 0 spiro atoms. The van der Waals surface area contributed by atoms with Crippen molar-refractivity contribution in [2.75, 3.05) is 18.7 Å². The Labute approximate surface area is 69.5 Å². The molecule has 0 radical (unpaired) electrons. The van der Waals surface area contributed by atoms with Crippen molar-refractivity contribution in [1.82, 2.24) is 0 Å². The first-order valence-corrected chi connectivity index (χ1v) is 3.29. The third kappa shape index (κ3) is 1.45. The van der Waals surface area contributed by atoms with E-state index in [1.165, 1.54) is 30.1 Å². The third-order valence-electron chi connectivity index (χ3n) is 1.44. The number of anilines is 1. The van der Waals surface area contributed by atoms with E-state index in [0.717, 1.165) is 0 Å². The maximum absolute atomic E-state index is 10.9. The van der Waals surface area contributed by atoms with E-state index < -0.39 is 5.97 Å². The number of hydrogen-bond acceptors (Lipinski definition) is 4. The molecule has 1 heterocycles. The Morgan fingerprint density at radius 1 is 1.67 bits per heavy atom. The fraction of sp³-hybridized carbons (Fsp3) is 0.143. The summed E-state index contributed by atoms with van der Waals surface area (Å²) in [5.41, 5.74) is 5.83. The molecule has 0 unspecified atom stereocenters.